The SMILES string of the molecule is CC1(C)COCCN1C(=O)NCC1(CC(=O)O)CCC1. The van der Waals surface area contributed by atoms with Gasteiger partial charge in [-0.15, -0.1) is 0 Å². The highest BCUT2D eigenvalue weighted by Gasteiger charge is 2.40. The van der Waals surface area contributed by atoms with Gasteiger partial charge in [0.1, 0.15) is 0 Å². The summed E-state index contributed by atoms with van der Waals surface area (Å²) in [5.74, 6) is -0.786. The number of ether oxygens (including phenoxy) is 1. The first-order chi connectivity index (χ1) is 9.35. The predicted molar refractivity (Wildman–Crippen MR) is 73.5 cm³/mol. The third kappa shape index (κ3) is 3.23. The monoisotopic (exact) mass is 284 g/mol. The van der Waals surface area contributed by atoms with Crippen molar-refractivity contribution in [1.82, 2.24) is 10.2 Å². The summed E-state index contributed by atoms with van der Waals surface area (Å²) in [6.07, 6.45) is 2.95. The van der Waals surface area contributed by atoms with Gasteiger partial charge in [-0.25, -0.2) is 4.79 Å². The van der Waals surface area contributed by atoms with Crippen molar-refractivity contribution in [2.45, 2.75) is 45.1 Å². The smallest absolute Gasteiger partial charge is 0.318 e. The Morgan fingerprint density at radius 1 is 1.35 bits per heavy atom. The molecule has 1 aliphatic heterocycles. The molecule has 0 bridgehead atoms. The summed E-state index contributed by atoms with van der Waals surface area (Å²) < 4.78 is 5.40. The highest BCUT2D eigenvalue weighted by Crippen LogP contribution is 2.43. The fourth-order valence-electron chi connectivity index (χ4n) is 3.01. The van der Waals surface area contributed by atoms with E-state index < -0.39 is 5.97 Å². The standard InChI is InChI=1S/C14H24N2O4/c1-13(2)10-20-7-6-16(13)12(19)15-9-14(4-3-5-14)8-11(17)18/h3-10H2,1-2H3,(H,15,19)(H,17,18). The maximum absolute atomic E-state index is 12.3. The number of hydrogen-bond acceptors (Lipinski definition) is 3. The number of nitrogens with one attached hydrogen (secondary N) is 1. The zero-order valence-electron chi connectivity index (χ0n) is 12.3. The number of carbonyl (C=O) groups is 2. The van der Waals surface area contributed by atoms with Gasteiger partial charge in [-0.2, -0.15) is 0 Å². The molecule has 2 amide bonds. The Bertz CT molecular complexity index is 391. The summed E-state index contributed by atoms with van der Waals surface area (Å²) in [6, 6.07) is -0.116. The van der Waals surface area contributed by atoms with Gasteiger partial charge in [0, 0.05) is 13.1 Å². The van der Waals surface area contributed by atoms with Gasteiger partial charge in [0.2, 0.25) is 0 Å². The van der Waals surface area contributed by atoms with Crippen LogP contribution < -0.4 is 5.32 Å². The second-order valence-corrected chi connectivity index (χ2v) is 6.60. The number of rotatable bonds is 4. The first-order valence-corrected chi connectivity index (χ1v) is 7.20. The van der Waals surface area contributed by atoms with Crippen molar-refractivity contribution >= 4 is 12.0 Å². The third-order valence-corrected chi connectivity index (χ3v) is 4.45. The van der Waals surface area contributed by atoms with E-state index in [0.29, 0.717) is 26.3 Å². The van der Waals surface area contributed by atoms with Crippen LogP contribution in [0.2, 0.25) is 0 Å². The second kappa shape index (κ2) is 5.60. The Morgan fingerprint density at radius 2 is 2.05 bits per heavy atom. The van der Waals surface area contributed by atoms with E-state index in [1.54, 1.807) is 4.90 Å². The Hall–Kier alpha value is -1.30. The molecule has 1 saturated carbocycles. The molecule has 0 atom stereocenters. The summed E-state index contributed by atoms with van der Waals surface area (Å²) in [5, 5.41) is 11.9. The number of carbonyl (C=O) groups excluding carboxylic acids is 1. The van der Waals surface area contributed by atoms with Gasteiger partial charge < -0.3 is 20.1 Å². The lowest BCUT2D eigenvalue weighted by Gasteiger charge is -2.44. The molecule has 0 unspecified atom stereocenters. The first-order valence-electron chi connectivity index (χ1n) is 7.20. The Balaban J connectivity index is 1.89. The van der Waals surface area contributed by atoms with Crippen molar-refractivity contribution in [3.63, 3.8) is 0 Å². The molecule has 0 radical (unpaired) electrons. The number of aliphatic carboxylic acids is 1. The fourth-order valence-corrected chi connectivity index (χ4v) is 3.01. The average Bonchev–Trinajstić information content (AvgIpc) is 2.31. The van der Waals surface area contributed by atoms with Crippen LogP contribution in [0.5, 0.6) is 0 Å². The lowest BCUT2D eigenvalue weighted by molar-refractivity contribution is -0.141. The molecular weight excluding hydrogens is 260 g/mol. The van der Waals surface area contributed by atoms with Gasteiger partial charge in [0.15, 0.2) is 0 Å². The normalized spacial score (nSPS) is 23.8. The number of carboxylic acid groups (broad SMARTS) is 1. The van der Waals surface area contributed by atoms with Crippen LogP contribution in [0.1, 0.15) is 39.5 Å². The summed E-state index contributed by atoms with van der Waals surface area (Å²) in [6.45, 7) is 6.05. The highest BCUT2D eigenvalue weighted by atomic mass is 16.5. The molecule has 2 aliphatic rings. The van der Waals surface area contributed by atoms with E-state index in [4.69, 9.17) is 9.84 Å². The van der Waals surface area contributed by atoms with Crippen LogP contribution in [-0.4, -0.2) is 53.8 Å². The van der Waals surface area contributed by atoms with Crippen LogP contribution in [0.15, 0.2) is 0 Å². The molecule has 0 aromatic carbocycles. The molecule has 1 aliphatic carbocycles. The molecule has 6 heteroatoms. The van der Waals surface area contributed by atoms with Crippen LogP contribution in [0.3, 0.4) is 0 Å². The van der Waals surface area contributed by atoms with Gasteiger partial charge in [-0.05, 0) is 32.1 Å². The van der Waals surface area contributed by atoms with Crippen molar-refractivity contribution in [1.29, 1.82) is 0 Å². The van der Waals surface area contributed by atoms with Crippen molar-refractivity contribution in [3.8, 4) is 0 Å². The van der Waals surface area contributed by atoms with Crippen molar-refractivity contribution in [2.75, 3.05) is 26.3 Å². The van der Waals surface area contributed by atoms with Gasteiger partial charge in [0.25, 0.3) is 0 Å². The van der Waals surface area contributed by atoms with E-state index >= 15 is 0 Å². The van der Waals surface area contributed by atoms with Crippen LogP contribution >= 0.6 is 0 Å². The second-order valence-electron chi connectivity index (χ2n) is 6.60. The molecule has 6 nitrogen and oxygen atoms in total. The molecule has 2 fully saturated rings. The van der Waals surface area contributed by atoms with Crippen LogP contribution in [0, 0.1) is 5.41 Å². The van der Waals surface area contributed by atoms with Gasteiger partial charge in [0.05, 0.1) is 25.2 Å². The predicted octanol–water partition coefficient (Wildman–Crippen LogP) is 1.45. The summed E-state index contributed by atoms with van der Waals surface area (Å²) in [4.78, 5) is 25.0. The zero-order valence-corrected chi connectivity index (χ0v) is 12.3. The topological polar surface area (TPSA) is 78.9 Å². The van der Waals surface area contributed by atoms with E-state index in [-0.39, 0.29) is 23.4 Å². The maximum atomic E-state index is 12.3. The molecule has 114 valence electrons. The molecule has 2 rings (SSSR count). The fraction of sp³-hybridized carbons (Fsp3) is 0.857. The van der Waals surface area contributed by atoms with E-state index in [1.807, 2.05) is 13.8 Å². The van der Waals surface area contributed by atoms with E-state index in [0.717, 1.165) is 19.3 Å². The lowest BCUT2D eigenvalue weighted by atomic mass is 9.66. The molecule has 0 aromatic rings. The first kappa shape index (κ1) is 15.1. The minimum Gasteiger partial charge on any atom is -0.481 e. The van der Waals surface area contributed by atoms with Crippen LogP contribution in [0.4, 0.5) is 4.79 Å². The van der Waals surface area contributed by atoms with Crippen molar-refractivity contribution in [2.24, 2.45) is 5.41 Å². The van der Waals surface area contributed by atoms with Gasteiger partial charge in [-0.1, -0.05) is 6.42 Å². The quantitative estimate of drug-likeness (QED) is 0.819. The van der Waals surface area contributed by atoms with Crippen LogP contribution in [-0.2, 0) is 9.53 Å². The Morgan fingerprint density at radius 3 is 2.55 bits per heavy atom. The van der Waals surface area contributed by atoms with Crippen molar-refractivity contribution < 1.29 is 19.4 Å². The van der Waals surface area contributed by atoms with Crippen molar-refractivity contribution in [3.05, 3.63) is 0 Å². The number of urea groups is 1. The molecule has 0 spiro atoms. The van der Waals surface area contributed by atoms with E-state index in [1.165, 1.54) is 0 Å². The molecule has 1 saturated heterocycles. The number of amides is 2. The lowest BCUT2D eigenvalue weighted by Crippen LogP contribution is -2.59. The molecule has 2 N–H and O–H groups in total. The summed E-state index contributed by atoms with van der Waals surface area (Å²) >= 11 is 0. The van der Waals surface area contributed by atoms with Gasteiger partial charge >= 0.3 is 12.0 Å². The molecular formula is C14H24N2O4. The van der Waals surface area contributed by atoms with E-state index in [2.05, 4.69) is 5.32 Å². The molecule has 20 heavy (non-hydrogen) atoms. The van der Waals surface area contributed by atoms with Crippen LogP contribution in [0.25, 0.3) is 0 Å². The summed E-state index contributed by atoms with van der Waals surface area (Å²) in [7, 11) is 0. The van der Waals surface area contributed by atoms with Gasteiger partial charge in [-0.3, -0.25) is 4.79 Å². The number of morpholine rings is 1. The number of nitrogens with zero attached hydrogens (tertiary/aromatic N) is 1. The third-order valence-electron chi connectivity index (χ3n) is 4.45. The zero-order chi connectivity index (χ0) is 14.8. The highest BCUT2D eigenvalue weighted by molar-refractivity contribution is 5.75. The summed E-state index contributed by atoms with van der Waals surface area (Å²) in [5.41, 5.74) is -0.556. The molecule has 0 aromatic heterocycles. The molecule has 1 heterocycles. The Kier molecular flexibility index (Phi) is 4.22. The maximum Gasteiger partial charge on any atom is 0.318 e. The van der Waals surface area contributed by atoms with E-state index in [9.17, 15) is 9.59 Å². The number of hydrogen-bond donors (Lipinski definition) is 2. The number of carboxylic acids is 1. The average molecular weight is 284 g/mol. The largest absolute Gasteiger partial charge is 0.481 e. The minimum atomic E-state index is -0.786. The Labute approximate surface area is 119 Å². The minimum absolute atomic E-state index is 0.116.